The second kappa shape index (κ2) is 20.9. The average Bonchev–Trinajstić information content (AvgIpc) is 3.14. The largest absolute Gasteiger partial charge is 0.427 e. The van der Waals surface area contributed by atoms with Gasteiger partial charge in [-0.15, -0.1) is 0 Å². The predicted molar refractivity (Wildman–Crippen MR) is 178 cm³/mol. The Labute approximate surface area is 310 Å². The molecule has 0 radical (unpaired) electrons. The number of nitrogens with zero attached hydrogens (tertiary/aromatic N) is 1. The molecular weight excluding hydrogens is 726 g/mol. The lowest BCUT2D eigenvalue weighted by atomic mass is 9.96. The number of hydrogen-bond donors (Lipinski definition) is 8. The van der Waals surface area contributed by atoms with Crippen molar-refractivity contribution in [2.45, 2.75) is 144 Å². The normalized spacial score (nSPS) is 35.7. The number of carbonyl (C=O) groups is 2. The Morgan fingerprint density at radius 1 is 0.759 bits per heavy atom. The monoisotopic (exact) mass is 777 g/mol. The van der Waals surface area contributed by atoms with Crippen molar-refractivity contribution in [2.75, 3.05) is 19.8 Å². The number of aliphatic hydroxyl groups is 8. The summed E-state index contributed by atoms with van der Waals surface area (Å²) in [7, 11) is 0. The van der Waals surface area contributed by atoms with Crippen LogP contribution in [0.2, 0.25) is 0 Å². The standard InChI is InChI=1S/C34H51NO19/c1-17-26(41)21(39)14-25(49-17)53-32-31(54-33-30(45)29(44)27(42)22(15-36)51-33)28(43)23(16-37)52-34(32)48-13-5-4-7-19(38)6-2-3-8-24(40)50-20-11-9-18(10-12-20)35(46)47/h9-12,17,21-23,25-34,36-37,39,41-45H,2-8,13-16H2,1H3/t17?,21-,22?,23?,25+,26-,27+,28+,29+,30?,31+,32?,33-,34-/m1/s1. The van der Waals surface area contributed by atoms with Crippen LogP contribution in [0.1, 0.15) is 58.3 Å². The molecule has 3 aliphatic rings. The lowest BCUT2D eigenvalue weighted by Gasteiger charge is -2.48. The first-order valence-corrected chi connectivity index (χ1v) is 17.9. The fourth-order valence-electron chi connectivity index (χ4n) is 6.26. The molecule has 0 amide bonds. The minimum atomic E-state index is -1.85. The van der Waals surface area contributed by atoms with E-state index in [2.05, 4.69) is 0 Å². The van der Waals surface area contributed by atoms with Gasteiger partial charge < -0.3 is 74.0 Å². The van der Waals surface area contributed by atoms with E-state index in [-0.39, 0.29) is 49.5 Å². The third-order valence-electron chi connectivity index (χ3n) is 9.42. The van der Waals surface area contributed by atoms with Gasteiger partial charge in [-0.2, -0.15) is 0 Å². The van der Waals surface area contributed by atoms with Crippen LogP contribution in [0.3, 0.4) is 0 Å². The number of nitro benzene ring substituents is 1. The number of ether oxygens (including phenoxy) is 7. The molecule has 0 bridgehead atoms. The third-order valence-corrected chi connectivity index (χ3v) is 9.42. The van der Waals surface area contributed by atoms with Crippen LogP contribution in [0.15, 0.2) is 24.3 Å². The molecule has 1 aromatic carbocycles. The SMILES string of the molecule is CC1O[C@@H](OC2[C@H](OCCCCC(=O)CCCCC(=O)Oc3ccc([N+](=O)[O-])cc3)OC(CO)[C@H](O)[C@@H]2O[C@H]2OC(CO)[C@H](O)[C@H](O)C2O)C[C@@H](O)[C@@H]1O. The van der Waals surface area contributed by atoms with Gasteiger partial charge in [0.1, 0.15) is 66.5 Å². The zero-order chi connectivity index (χ0) is 39.5. The fourth-order valence-corrected chi connectivity index (χ4v) is 6.26. The van der Waals surface area contributed by atoms with E-state index in [1.165, 1.54) is 31.2 Å². The molecule has 14 atom stereocenters. The maximum atomic E-state index is 12.5. The van der Waals surface area contributed by atoms with Crippen LogP contribution in [0.25, 0.3) is 0 Å². The maximum absolute atomic E-state index is 12.5. The number of nitro groups is 1. The van der Waals surface area contributed by atoms with Crippen molar-refractivity contribution in [3.05, 3.63) is 34.4 Å². The Morgan fingerprint density at radius 3 is 2.00 bits per heavy atom. The van der Waals surface area contributed by atoms with Crippen LogP contribution in [-0.2, 0) is 38.0 Å². The topological polar surface area (TPSA) is 304 Å². The zero-order valence-corrected chi connectivity index (χ0v) is 29.7. The van der Waals surface area contributed by atoms with Gasteiger partial charge in [0.2, 0.25) is 0 Å². The molecule has 5 unspecified atom stereocenters. The number of carbonyl (C=O) groups excluding carboxylic acids is 2. The van der Waals surface area contributed by atoms with Gasteiger partial charge in [-0.3, -0.25) is 19.7 Å². The lowest BCUT2D eigenvalue weighted by molar-refractivity contribution is -0.384. The van der Waals surface area contributed by atoms with Gasteiger partial charge in [0.15, 0.2) is 18.9 Å². The highest BCUT2D eigenvalue weighted by Gasteiger charge is 2.53. The predicted octanol–water partition coefficient (Wildman–Crippen LogP) is -1.68. The first-order chi connectivity index (χ1) is 25.7. The number of unbranched alkanes of at least 4 members (excludes halogenated alkanes) is 2. The Balaban J connectivity index is 1.29. The van der Waals surface area contributed by atoms with Gasteiger partial charge in [-0.1, -0.05) is 0 Å². The smallest absolute Gasteiger partial charge is 0.311 e. The van der Waals surface area contributed by atoms with Crippen molar-refractivity contribution in [1.29, 1.82) is 0 Å². The first-order valence-electron chi connectivity index (χ1n) is 17.9. The summed E-state index contributed by atoms with van der Waals surface area (Å²) in [6, 6.07) is 5.10. The van der Waals surface area contributed by atoms with E-state index in [1.807, 2.05) is 0 Å². The van der Waals surface area contributed by atoms with E-state index in [1.54, 1.807) is 0 Å². The number of benzene rings is 1. The molecule has 0 aromatic heterocycles. The average molecular weight is 778 g/mol. The molecule has 306 valence electrons. The van der Waals surface area contributed by atoms with Crippen LogP contribution in [0, 0.1) is 10.1 Å². The molecule has 1 aromatic rings. The highest BCUT2D eigenvalue weighted by Crippen LogP contribution is 2.34. The maximum Gasteiger partial charge on any atom is 0.311 e. The molecular formula is C34H51NO19. The molecule has 20 nitrogen and oxygen atoms in total. The minimum absolute atomic E-state index is 0.00341. The Kier molecular flexibility index (Phi) is 17.0. The number of rotatable bonds is 19. The molecule has 0 spiro atoms. The number of Topliss-reactive ketones (excluding diaryl/α,β-unsaturated/α-hetero) is 1. The van der Waals surface area contributed by atoms with E-state index in [0.717, 1.165) is 0 Å². The second-order valence-corrected chi connectivity index (χ2v) is 13.5. The second-order valence-electron chi connectivity index (χ2n) is 13.5. The molecule has 20 heteroatoms. The van der Waals surface area contributed by atoms with Gasteiger partial charge in [-0.25, -0.2) is 0 Å². The minimum Gasteiger partial charge on any atom is -0.427 e. The Hall–Kier alpha value is -2.80. The van der Waals surface area contributed by atoms with Gasteiger partial charge in [0.05, 0.1) is 30.3 Å². The van der Waals surface area contributed by atoms with E-state index >= 15 is 0 Å². The van der Waals surface area contributed by atoms with Crippen molar-refractivity contribution in [2.24, 2.45) is 0 Å². The quantitative estimate of drug-likeness (QED) is 0.0256. The van der Waals surface area contributed by atoms with Crippen LogP contribution in [0.4, 0.5) is 5.69 Å². The van der Waals surface area contributed by atoms with E-state index < -0.39 is 110 Å². The molecule has 3 aliphatic heterocycles. The van der Waals surface area contributed by atoms with Gasteiger partial charge >= 0.3 is 5.97 Å². The lowest BCUT2D eigenvalue weighted by Crippen LogP contribution is -2.66. The summed E-state index contributed by atoms with van der Waals surface area (Å²) < 4.78 is 40.1. The van der Waals surface area contributed by atoms with E-state index in [9.17, 15) is 60.6 Å². The number of esters is 1. The van der Waals surface area contributed by atoms with E-state index in [0.29, 0.717) is 25.7 Å². The Morgan fingerprint density at radius 2 is 1.37 bits per heavy atom. The molecule has 54 heavy (non-hydrogen) atoms. The van der Waals surface area contributed by atoms with E-state index in [4.69, 9.17) is 33.2 Å². The highest BCUT2D eigenvalue weighted by atomic mass is 16.8. The number of hydrogen-bond acceptors (Lipinski definition) is 19. The molecule has 0 aliphatic carbocycles. The zero-order valence-electron chi connectivity index (χ0n) is 29.7. The molecule has 8 N–H and O–H groups in total. The summed E-state index contributed by atoms with van der Waals surface area (Å²) in [5.74, 6) is -0.402. The van der Waals surface area contributed by atoms with Crippen molar-refractivity contribution in [3.63, 3.8) is 0 Å². The summed E-state index contributed by atoms with van der Waals surface area (Å²) in [5.41, 5.74) is -0.132. The van der Waals surface area contributed by atoms with Crippen molar-refractivity contribution >= 4 is 17.4 Å². The van der Waals surface area contributed by atoms with Crippen LogP contribution in [0.5, 0.6) is 5.75 Å². The van der Waals surface area contributed by atoms with Gasteiger partial charge in [-0.05, 0) is 44.7 Å². The Bertz CT molecular complexity index is 1320. The molecule has 3 fully saturated rings. The van der Waals surface area contributed by atoms with Crippen LogP contribution in [-0.4, -0.2) is 163 Å². The third kappa shape index (κ3) is 11.9. The summed E-state index contributed by atoms with van der Waals surface area (Å²) in [6.07, 6.45) is -18.2. The van der Waals surface area contributed by atoms with Crippen molar-refractivity contribution < 1.29 is 88.5 Å². The van der Waals surface area contributed by atoms with Crippen LogP contribution < -0.4 is 4.74 Å². The summed E-state index contributed by atoms with van der Waals surface area (Å²) in [5, 5.41) is 93.2. The van der Waals surface area contributed by atoms with Crippen molar-refractivity contribution in [1.82, 2.24) is 0 Å². The molecule has 0 saturated carbocycles. The summed E-state index contributed by atoms with van der Waals surface area (Å²) >= 11 is 0. The fraction of sp³-hybridized carbons (Fsp3) is 0.765. The molecule has 4 rings (SSSR count). The highest BCUT2D eigenvalue weighted by molar-refractivity contribution is 5.78. The first kappa shape index (κ1) is 43.9. The number of ketones is 1. The summed E-state index contributed by atoms with van der Waals surface area (Å²) in [6.45, 7) is 0.0421. The summed E-state index contributed by atoms with van der Waals surface area (Å²) in [4.78, 5) is 34.8. The van der Waals surface area contributed by atoms with Crippen LogP contribution >= 0.6 is 0 Å². The van der Waals surface area contributed by atoms with Crippen molar-refractivity contribution in [3.8, 4) is 5.75 Å². The molecule has 3 saturated heterocycles. The van der Waals surface area contributed by atoms with Gasteiger partial charge in [0, 0.05) is 44.4 Å². The molecule has 3 heterocycles. The number of aliphatic hydroxyl groups excluding tert-OH is 8. The number of non-ortho nitro benzene ring substituents is 1. The van der Waals surface area contributed by atoms with Gasteiger partial charge in [0.25, 0.3) is 5.69 Å².